The van der Waals surface area contributed by atoms with Crippen LogP contribution in [0.2, 0.25) is 0 Å². The minimum atomic E-state index is -0.819. The van der Waals surface area contributed by atoms with Gasteiger partial charge in [0.05, 0.1) is 0 Å². The number of rotatable bonds is 9. The number of halogens is 2. The molecule has 0 rings (SSSR count). The first-order valence-electron chi connectivity index (χ1n) is 5.90. The molecule has 0 radical (unpaired) electrons. The SMILES string of the molecule is CC(C)(COC(=O)CCCCl)OC(=O)CCCCl. The van der Waals surface area contributed by atoms with Gasteiger partial charge in [0.15, 0.2) is 0 Å². The molecule has 106 valence electrons. The van der Waals surface area contributed by atoms with E-state index >= 15 is 0 Å². The van der Waals surface area contributed by atoms with E-state index in [2.05, 4.69) is 0 Å². The smallest absolute Gasteiger partial charge is 0.306 e. The minimum Gasteiger partial charge on any atom is -0.461 e. The van der Waals surface area contributed by atoms with Crippen LogP contribution in [-0.2, 0) is 19.1 Å². The fourth-order valence-electron chi connectivity index (χ4n) is 1.14. The monoisotopic (exact) mass is 298 g/mol. The molecule has 0 amide bonds. The Labute approximate surface area is 118 Å². The first-order chi connectivity index (χ1) is 8.41. The third-order valence-corrected chi connectivity index (χ3v) is 2.53. The van der Waals surface area contributed by atoms with Crippen LogP contribution in [0.5, 0.6) is 0 Å². The van der Waals surface area contributed by atoms with E-state index in [4.69, 9.17) is 32.7 Å². The zero-order valence-electron chi connectivity index (χ0n) is 10.8. The predicted octanol–water partition coefficient (Wildman–Crippen LogP) is 2.89. The molecular weight excluding hydrogens is 279 g/mol. The Bertz CT molecular complexity index is 267. The Morgan fingerprint density at radius 2 is 1.50 bits per heavy atom. The number of hydrogen-bond acceptors (Lipinski definition) is 4. The number of carbonyl (C=O) groups is 2. The molecule has 0 aliphatic rings. The molecule has 0 atom stereocenters. The summed E-state index contributed by atoms with van der Waals surface area (Å²) in [6.45, 7) is 3.43. The molecular formula is C12H20Cl2O4. The standard InChI is InChI=1S/C12H20Cl2O4/c1-12(2,18-11(16)6-4-8-14)9-17-10(15)5-3-7-13/h3-9H2,1-2H3. The molecule has 0 saturated carbocycles. The highest BCUT2D eigenvalue weighted by molar-refractivity contribution is 6.18. The van der Waals surface area contributed by atoms with Crippen molar-refractivity contribution in [3.05, 3.63) is 0 Å². The molecule has 0 aromatic rings. The summed E-state index contributed by atoms with van der Waals surface area (Å²) in [5.74, 6) is 0.174. The lowest BCUT2D eigenvalue weighted by atomic mass is 10.1. The van der Waals surface area contributed by atoms with Crippen LogP contribution in [0.15, 0.2) is 0 Å². The van der Waals surface area contributed by atoms with Crippen molar-refractivity contribution in [1.82, 2.24) is 0 Å². The molecule has 0 aromatic carbocycles. The quantitative estimate of drug-likeness (QED) is 0.485. The first kappa shape index (κ1) is 17.5. The maximum Gasteiger partial charge on any atom is 0.306 e. The van der Waals surface area contributed by atoms with Crippen LogP contribution in [-0.4, -0.2) is 35.9 Å². The second kappa shape index (κ2) is 9.45. The molecule has 0 aliphatic heterocycles. The van der Waals surface area contributed by atoms with Gasteiger partial charge in [0.25, 0.3) is 0 Å². The van der Waals surface area contributed by atoms with Crippen LogP contribution in [0, 0.1) is 0 Å². The number of hydrogen-bond donors (Lipinski definition) is 0. The molecule has 0 aromatic heterocycles. The predicted molar refractivity (Wildman–Crippen MR) is 71.0 cm³/mol. The average Bonchev–Trinajstić information content (AvgIpc) is 2.30. The summed E-state index contributed by atoms with van der Waals surface area (Å²) in [6, 6.07) is 0. The van der Waals surface area contributed by atoms with Crippen LogP contribution in [0.4, 0.5) is 0 Å². The Morgan fingerprint density at radius 1 is 1.00 bits per heavy atom. The maximum atomic E-state index is 11.4. The zero-order chi connectivity index (χ0) is 14.0. The number of esters is 2. The second-order valence-corrected chi connectivity index (χ2v) is 5.24. The van der Waals surface area contributed by atoms with Crippen molar-refractivity contribution in [3.8, 4) is 0 Å². The second-order valence-electron chi connectivity index (χ2n) is 4.48. The van der Waals surface area contributed by atoms with E-state index in [0.717, 1.165) is 0 Å². The fourth-order valence-corrected chi connectivity index (χ4v) is 1.40. The van der Waals surface area contributed by atoms with Gasteiger partial charge in [0.1, 0.15) is 12.2 Å². The van der Waals surface area contributed by atoms with Crippen LogP contribution in [0.1, 0.15) is 39.5 Å². The lowest BCUT2D eigenvalue weighted by Gasteiger charge is -2.24. The number of ether oxygens (including phenoxy) is 2. The number of alkyl halides is 2. The third-order valence-electron chi connectivity index (χ3n) is 2.00. The molecule has 0 bridgehead atoms. The molecule has 18 heavy (non-hydrogen) atoms. The summed E-state index contributed by atoms with van der Waals surface area (Å²) in [6.07, 6.45) is 1.70. The van der Waals surface area contributed by atoms with E-state index in [-0.39, 0.29) is 31.4 Å². The van der Waals surface area contributed by atoms with E-state index in [1.165, 1.54) is 0 Å². The molecule has 0 spiro atoms. The largest absolute Gasteiger partial charge is 0.461 e. The third kappa shape index (κ3) is 9.54. The molecule has 4 nitrogen and oxygen atoms in total. The van der Waals surface area contributed by atoms with Gasteiger partial charge in [-0.05, 0) is 26.7 Å². The Morgan fingerprint density at radius 3 is 2.00 bits per heavy atom. The van der Waals surface area contributed by atoms with Gasteiger partial charge in [-0.15, -0.1) is 23.2 Å². The van der Waals surface area contributed by atoms with E-state index in [1.807, 2.05) is 0 Å². The van der Waals surface area contributed by atoms with Crippen LogP contribution in [0.25, 0.3) is 0 Å². The van der Waals surface area contributed by atoms with Crippen LogP contribution in [0.3, 0.4) is 0 Å². The topological polar surface area (TPSA) is 52.6 Å². The Kier molecular flexibility index (Phi) is 9.20. The summed E-state index contributed by atoms with van der Waals surface area (Å²) in [7, 11) is 0. The van der Waals surface area contributed by atoms with Crippen molar-refractivity contribution in [2.45, 2.75) is 45.1 Å². The van der Waals surface area contributed by atoms with Gasteiger partial charge in [-0.25, -0.2) is 0 Å². The lowest BCUT2D eigenvalue weighted by Crippen LogP contribution is -2.34. The summed E-state index contributed by atoms with van der Waals surface area (Å²) >= 11 is 10.9. The van der Waals surface area contributed by atoms with E-state index in [0.29, 0.717) is 24.6 Å². The highest BCUT2D eigenvalue weighted by atomic mass is 35.5. The summed E-state index contributed by atoms with van der Waals surface area (Å²) in [5, 5.41) is 0. The highest BCUT2D eigenvalue weighted by Gasteiger charge is 2.24. The Hall–Kier alpha value is -0.480. The van der Waals surface area contributed by atoms with Gasteiger partial charge >= 0.3 is 11.9 Å². The number of carbonyl (C=O) groups excluding carboxylic acids is 2. The lowest BCUT2D eigenvalue weighted by molar-refractivity contribution is -0.168. The highest BCUT2D eigenvalue weighted by Crippen LogP contribution is 2.12. The molecule has 0 fully saturated rings. The van der Waals surface area contributed by atoms with E-state index in [9.17, 15) is 9.59 Å². The first-order valence-corrected chi connectivity index (χ1v) is 6.97. The van der Waals surface area contributed by atoms with Gasteiger partial charge in [0.2, 0.25) is 0 Å². The zero-order valence-corrected chi connectivity index (χ0v) is 12.4. The normalized spacial score (nSPS) is 11.1. The fraction of sp³-hybridized carbons (Fsp3) is 0.833. The maximum absolute atomic E-state index is 11.4. The van der Waals surface area contributed by atoms with Crippen LogP contribution >= 0.6 is 23.2 Å². The van der Waals surface area contributed by atoms with Crippen molar-refractivity contribution >= 4 is 35.1 Å². The Balaban J connectivity index is 3.91. The van der Waals surface area contributed by atoms with E-state index in [1.54, 1.807) is 13.8 Å². The van der Waals surface area contributed by atoms with E-state index < -0.39 is 5.60 Å². The minimum absolute atomic E-state index is 0.0424. The molecule has 0 N–H and O–H groups in total. The molecule has 0 aliphatic carbocycles. The van der Waals surface area contributed by atoms with Gasteiger partial charge in [-0.1, -0.05) is 0 Å². The van der Waals surface area contributed by atoms with Gasteiger partial charge in [0, 0.05) is 24.6 Å². The van der Waals surface area contributed by atoms with Crippen molar-refractivity contribution in [2.24, 2.45) is 0 Å². The molecule has 0 heterocycles. The summed E-state index contributed by atoms with van der Waals surface area (Å²) < 4.78 is 10.2. The summed E-state index contributed by atoms with van der Waals surface area (Å²) in [4.78, 5) is 22.7. The van der Waals surface area contributed by atoms with Crippen molar-refractivity contribution in [1.29, 1.82) is 0 Å². The van der Waals surface area contributed by atoms with Crippen LogP contribution < -0.4 is 0 Å². The average molecular weight is 299 g/mol. The van der Waals surface area contributed by atoms with Gasteiger partial charge < -0.3 is 9.47 Å². The van der Waals surface area contributed by atoms with Gasteiger partial charge in [-0.3, -0.25) is 9.59 Å². The van der Waals surface area contributed by atoms with Crippen molar-refractivity contribution in [3.63, 3.8) is 0 Å². The summed E-state index contributed by atoms with van der Waals surface area (Å²) in [5.41, 5.74) is -0.819. The molecule has 6 heteroatoms. The van der Waals surface area contributed by atoms with Crippen molar-refractivity contribution in [2.75, 3.05) is 18.4 Å². The van der Waals surface area contributed by atoms with Crippen molar-refractivity contribution < 1.29 is 19.1 Å². The molecule has 0 unspecified atom stereocenters. The van der Waals surface area contributed by atoms with Gasteiger partial charge in [-0.2, -0.15) is 0 Å². The molecule has 0 saturated heterocycles.